The number of aliphatic imine (C=N–C) groups is 1. The molecule has 0 aromatic carbocycles. The van der Waals surface area contributed by atoms with Crippen molar-refractivity contribution in [2.75, 3.05) is 52.9 Å². The van der Waals surface area contributed by atoms with Crippen molar-refractivity contribution in [3.8, 4) is 0 Å². The highest BCUT2D eigenvalue weighted by Crippen LogP contribution is 2.16. The lowest BCUT2D eigenvalue weighted by Gasteiger charge is -2.32. The average Bonchev–Trinajstić information content (AvgIpc) is 2.62. The van der Waals surface area contributed by atoms with Gasteiger partial charge in [-0.2, -0.15) is 0 Å². The van der Waals surface area contributed by atoms with Crippen LogP contribution < -0.4 is 10.6 Å². The standard InChI is InChI=1S/C18H35N5O2/c1-4-19-17(20-14-15-6-10-22(3)11-7-15)21-16-8-12-23(13-9-16)18(24)25-5-2/h15-16H,4-14H2,1-3H3,(H2,19,20,21). The Hall–Kier alpha value is -1.50. The molecule has 0 aromatic heterocycles. The molecule has 2 fully saturated rings. The number of hydrogen-bond donors (Lipinski definition) is 2. The molecule has 7 heteroatoms. The summed E-state index contributed by atoms with van der Waals surface area (Å²) < 4.78 is 5.08. The summed E-state index contributed by atoms with van der Waals surface area (Å²) in [6.07, 6.45) is 4.13. The minimum atomic E-state index is -0.191. The van der Waals surface area contributed by atoms with E-state index in [1.54, 1.807) is 4.90 Å². The second-order valence-corrected chi connectivity index (χ2v) is 7.07. The zero-order valence-electron chi connectivity index (χ0n) is 16.1. The van der Waals surface area contributed by atoms with E-state index in [1.807, 2.05) is 6.92 Å². The number of rotatable bonds is 5. The largest absolute Gasteiger partial charge is 0.450 e. The number of likely N-dealkylation sites (tertiary alicyclic amines) is 2. The molecule has 2 saturated heterocycles. The Balaban J connectivity index is 1.77. The van der Waals surface area contributed by atoms with Gasteiger partial charge in [0.1, 0.15) is 0 Å². The van der Waals surface area contributed by atoms with Crippen LogP contribution >= 0.6 is 0 Å². The maximum absolute atomic E-state index is 11.8. The molecule has 0 bridgehead atoms. The lowest BCUT2D eigenvalue weighted by molar-refractivity contribution is 0.0963. The Morgan fingerprint density at radius 3 is 2.40 bits per heavy atom. The van der Waals surface area contributed by atoms with Crippen LogP contribution in [0.15, 0.2) is 4.99 Å². The highest BCUT2D eigenvalue weighted by atomic mass is 16.6. The molecule has 25 heavy (non-hydrogen) atoms. The second kappa shape index (κ2) is 10.5. The summed E-state index contributed by atoms with van der Waals surface area (Å²) in [6, 6.07) is 0.362. The van der Waals surface area contributed by atoms with E-state index in [2.05, 4.69) is 29.5 Å². The molecule has 0 aromatic rings. The van der Waals surface area contributed by atoms with E-state index in [4.69, 9.17) is 9.73 Å². The van der Waals surface area contributed by atoms with Crippen molar-refractivity contribution in [3.63, 3.8) is 0 Å². The van der Waals surface area contributed by atoms with Crippen molar-refractivity contribution >= 4 is 12.1 Å². The number of carbonyl (C=O) groups is 1. The summed E-state index contributed by atoms with van der Waals surface area (Å²) in [5.74, 6) is 1.60. The highest BCUT2D eigenvalue weighted by Gasteiger charge is 2.24. The minimum Gasteiger partial charge on any atom is -0.450 e. The monoisotopic (exact) mass is 353 g/mol. The van der Waals surface area contributed by atoms with E-state index in [-0.39, 0.29) is 6.09 Å². The fraction of sp³-hybridized carbons (Fsp3) is 0.889. The van der Waals surface area contributed by atoms with Crippen LogP contribution in [0.25, 0.3) is 0 Å². The van der Waals surface area contributed by atoms with Gasteiger partial charge in [-0.25, -0.2) is 4.79 Å². The van der Waals surface area contributed by atoms with Crippen LogP contribution in [0.1, 0.15) is 39.5 Å². The Morgan fingerprint density at radius 1 is 1.12 bits per heavy atom. The van der Waals surface area contributed by atoms with E-state index < -0.39 is 0 Å². The van der Waals surface area contributed by atoms with Crippen molar-refractivity contribution < 1.29 is 9.53 Å². The number of amides is 1. The maximum Gasteiger partial charge on any atom is 0.409 e. The Kier molecular flexibility index (Phi) is 8.31. The smallest absolute Gasteiger partial charge is 0.409 e. The zero-order chi connectivity index (χ0) is 18.1. The number of nitrogens with one attached hydrogen (secondary N) is 2. The van der Waals surface area contributed by atoms with E-state index in [0.717, 1.165) is 45.0 Å². The SMILES string of the molecule is CCNC(=NCC1CCN(C)CC1)NC1CCN(C(=O)OCC)CC1. The van der Waals surface area contributed by atoms with Gasteiger partial charge in [-0.05, 0) is 65.6 Å². The Bertz CT molecular complexity index is 427. The molecule has 2 N–H and O–H groups in total. The topological polar surface area (TPSA) is 69.2 Å². The maximum atomic E-state index is 11.8. The molecule has 0 aliphatic carbocycles. The summed E-state index contributed by atoms with van der Waals surface area (Å²) in [5.41, 5.74) is 0. The predicted molar refractivity (Wildman–Crippen MR) is 101 cm³/mol. The van der Waals surface area contributed by atoms with Gasteiger partial charge in [-0.3, -0.25) is 4.99 Å². The van der Waals surface area contributed by atoms with E-state index in [0.29, 0.717) is 18.6 Å². The summed E-state index contributed by atoms with van der Waals surface area (Å²) >= 11 is 0. The van der Waals surface area contributed by atoms with Crippen molar-refractivity contribution in [1.82, 2.24) is 20.4 Å². The van der Waals surface area contributed by atoms with Crippen LogP contribution in [0.4, 0.5) is 4.79 Å². The second-order valence-electron chi connectivity index (χ2n) is 7.07. The number of nitrogens with zero attached hydrogens (tertiary/aromatic N) is 3. The van der Waals surface area contributed by atoms with Crippen molar-refractivity contribution in [2.45, 2.75) is 45.6 Å². The molecule has 0 atom stereocenters. The lowest BCUT2D eigenvalue weighted by atomic mass is 9.97. The lowest BCUT2D eigenvalue weighted by Crippen LogP contribution is -2.50. The molecule has 0 unspecified atom stereocenters. The number of ether oxygens (including phenoxy) is 1. The molecular weight excluding hydrogens is 318 g/mol. The van der Waals surface area contributed by atoms with Gasteiger partial charge >= 0.3 is 6.09 Å². The van der Waals surface area contributed by atoms with Gasteiger partial charge in [0.25, 0.3) is 0 Å². The molecule has 1 amide bonds. The Labute approximate surface area is 152 Å². The Morgan fingerprint density at radius 2 is 1.80 bits per heavy atom. The van der Waals surface area contributed by atoms with Gasteiger partial charge in [-0.15, -0.1) is 0 Å². The first-order valence-corrected chi connectivity index (χ1v) is 9.77. The van der Waals surface area contributed by atoms with Gasteiger partial charge in [-0.1, -0.05) is 0 Å². The van der Waals surface area contributed by atoms with Gasteiger partial charge in [0.05, 0.1) is 6.61 Å². The van der Waals surface area contributed by atoms with E-state index in [1.165, 1.54) is 25.9 Å². The molecule has 0 saturated carbocycles. The number of guanidine groups is 1. The van der Waals surface area contributed by atoms with E-state index in [9.17, 15) is 4.79 Å². The number of piperidine rings is 2. The van der Waals surface area contributed by atoms with Gasteiger partial charge in [0.15, 0.2) is 5.96 Å². The third-order valence-corrected chi connectivity index (χ3v) is 5.05. The first-order chi connectivity index (χ1) is 12.1. The summed E-state index contributed by atoms with van der Waals surface area (Å²) in [7, 11) is 2.19. The van der Waals surface area contributed by atoms with Crippen LogP contribution in [-0.2, 0) is 4.74 Å². The third-order valence-electron chi connectivity index (χ3n) is 5.05. The molecule has 2 aliphatic rings. The molecule has 2 aliphatic heterocycles. The normalized spacial score (nSPS) is 21.2. The van der Waals surface area contributed by atoms with Gasteiger partial charge in [0, 0.05) is 32.2 Å². The van der Waals surface area contributed by atoms with Crippen molar-refractivity contribution in [1.29, 1.82) is 0 Å². The quantitative estimate of drug-likeness (QED) is 0.579. The molecule has 0 spiro atoms. The fourth-order valence-electron chi connectivity index (χ4n) is 3.40. The van der Waals surface area contributed by atoms with Crippen LogP contribution in [0.5, 0.6) is 0 Å². The number of hydrogen-bond acceptors (Lipinski definition) is 4. The first-order valence-electron chi connectivity index (χ1n) is 9.77. The molecule has 144 valence electrons. The first kappa shape index (κ1) is 19.8. The third kappa shape index (κ3) is 6.72. The van der Waals surface area contributed by atoms with Crippen molar-refractivity contribution in [3.05, 3.63) is 0 Å². The highest BCUT2D eigenvalue weighted by molar-refractivity contribution is 5.80. The summed E-state index contributed by atoms with van der Waals surface area (Å²) in [5, 5.41) is 6.90. The molecule has 0 radical (unpaired) electrons. The van der Waals surface area contributed by atoms with Crippen LogP contribution in [0, 0.1) is 5.92 Å². The van der Waals surface area contributed by atoms with E-state index >= 15 is 0 Å². The van der Waals surface area contributed by atoms with Crippen LogP contribution in [-0.4, -0.2) is 80.8 Å². The molecule has 2 heterocycles. The van der Waals surface area contributed by atoms with Gasteiger partial charge in [0.2, 0.25) is 0 Å². The van der Waals surface area contributed by atoms with Gasteiger partial charge < -0.3 is 25.2 Å². The average molecular weight is 354 g/mol. The van der Waals surface area contributed by atoms with Crippen LogP contribution in [0.3, 0.4) is 0 Å². The van der Waals surface area contributed by atoms with Crippen molar-refractivity contribution in [2.24, 2.45) is 10.9 Å². The number of carbonyl (C=O) groups excluding carboxylic acids is 1. The summed E-state index contributed by atoms with van der Waals surface area (Å²) in [4.78, 5) is 20.8. The molecule has 7 nitrogen and oxygen atoms in total. The molecule has 2 rings (SSSR count). The fourth-order valence-corrected chi connectivity index (χ4v) is 3.40. The van der Waals surface area contributed by atoms with Crippen LogP contribution in [0.2, 0.25) is 0 Å². The summed E-state index contributed by atoms with van der Waals surface area (Å²) in [6.45, 7) is 9.96. The zero-order valence-corrected chi connectivity index (χ0v) is 16.1. The predicted octanol–water partition coefficient (Wildman–Crippen LogP) is 1.50. The minimum absolute atomic E-state index is 0.191. The molecular formula is C18H35N5O2.